The molecule has 3 rings (SSSR count). The summed E-state index contributed by atoms with van der Waals surface area (Å²) in [7, 11) is 0. The molecule has 2 aromatic heterocycles. The van der Waals surface area contributed by atoms with Crippen molar-refractivity contribution in [1.29, 1.82) is 0 Å². The predicted molar refractivity (Wildman–Crippen MR) is 81.0 cm³/mol. The van der Waals surface area contributed by atoms with E-state index in [0.29, 0.717) is 15.7 Å². The fourth-order valence-corrected chi connectivity index (χ4v) is 3.07. The Balaban J connectivity index is 2.08. The van der Waals surface area contributed by atoms with Crippen LogP contribution in [0.1, 0.15) is 5.56 Å². The van der Waals surface area contributed by atoms with Gasteiger partial charge in [0.1, 0.15) is 11.5 Å². The van der Waals surface area contributed by atoms with Crippen molar-refractivity contribution in [1.82, 2.24) is 9.78 Å². The molecule has 0 fully saturated rings. The van der Waals surface area contributed by atoms with Crippen LogP contribution in [0.5, 0.6) is 0 Å². The first-order chi connectivity index (χ1) is 9.54. The molecule has 3 nitrogen and oxygen atoms in total. The van der Waals surface area contributed by atoms with Gasteiger partial charge in [-0.05, 0) is 42.8 Å². The molecule has 3 aromatic rings. The number of anilines is 1. The van der Waals surface area contributed by atoms with Crippen LogP contribution in [0.4, 0.5) is 10.1 Å². The van der Waals surface area contributed by atoms with E-state index in [1.54, 1.807) is 16.9 Å². The minimum absolute atomic E-state index is 0.267. The maximum atomic E-state index is 13.1. The topological polar surface area (TPSA) is 43.8 Å². The molecule has 102 valence electrons. The molecule has 6 heteroatoms. The summed E-state index contributed by atoms with van der Waals surface area (Å²) < 4.78 is 15.5. The third-order valence-corrected chi connectivity index (χ3v) is 4.19. The smallest absolute Gasteiger partial charge is 0.126 e. The minimum atomic E-state index is -0.267. The summed E-state index contributed by atoms with van der Waals surface area (Å²) >= 11 is 7.35. The average Bonchev–Trinajstić information content (AvgIpc) is 2.95. The Labute approximate surface area is 124 Å². The molecular weight excluding hydrogens is 297 g/mol. The highest BCUT2D eigenvalue weighted by molar-refractivity contribution is 7.19. The van der Waals surface area contributed by atoms with Gasteiger partial charge in [0.15, 0.2) is 0 Å². The van der Waals surface area contributed by atoms with Gasteiger partial charge in [-0.2, -0.15) is 5.10 Å². The van der Waals surface area contributed by atoms with Gasteiger partial charge < -0.3 is 5.73 Å². The third kappa shape index (κ3) is 2.30. The Hall–Kier alpha value is -1.85. The van der Waals surface area contributed by atoms with Crippen LogP contribution in [0.2, 0.25) is 4.34 Å². The number of aryl methyl sites for hydroxylation is 1. The van der Waals surface area contributed by atoms with E-state index in [-0.39, 0.29) is 5.82 Å². The average molecular weight is 308 g/mol. The lowest BCUT2D eigenvalue weighted by Gasteiger charge is -2.05. The molecule has 0 bridgehead atoms. The Morgan fingerprint density at radius 2 is 2.10 bits per heavy atom. The number of thiophene rings is 1. The van der Waals surface area contributed by atoms with E-state index in [0.717, 1.165) is 16.1 Å². The summed E-state index contributed by atoms with van der Waals surface area (Å²) in [6.07, 6.45) is 1.73. The van der Waals surface area contributed by atoms with E-state index in [1.165, 1.54) is 23.5 Å². The van der Waals surface area contributed by atoms with Crippen LogP contribution in [0, 0.1) is 12.7 Å². The molecule has 0 saturated heterocycles. The number of nitrogens with two attached hydrogens (primary N) is 1. The first kappa shape index (κ1) is 13.1. The fourth-order valence-electron chi connectivity index (χ4n) is 2.02. The summed E-state index contributed by atoms with van der Waals surface area (Å²) in [5, 5.41) is 4.48. The molecule has 1 aromatic carbocycles. The molecule has 0 spiro atoms. The Bertz CT molecular complexity index is 779. The van der Waals surface area contributed by atoms with Crippen molar-refractivity contribution in [3.63, 3.8) is 0 Å². The van der Waals surface area contributed by atoms with Crippen molar-refractivity contribution in [3.8, 4) is 16.3 Å². The van der Waals surface area contributed by atoms with Crippen LogP contribution in [0.15, 0.2) is 36.5 Å². The second-order valence-corrected chi connectivity index (χ2v) is 6.13. The van der Waals surface area contributed by atoms with Gasteiger partial charge in [0, 0.05) is 0 Å². The highest BCUT2D eigenvalue weighted by Crippen LogP contribution is 2.33. The summed E-state index contributed by atoms with van der Waals surface area (Å²) in [6, 6.07) is 8.25. The number of hydrogen-bond donors (Lipinski definition) is 1. The number of benzene rings is 1. The monoisotopic (exact) mass is 307 g/mol. The van der Waals surface area contributed by atoms with Crippen LogP contribution in [-0.2, 0) is 0 Å². The second-order valence-electron chi connectivity index (χ2n) is 4.41. The van der Waals surface area contributed by atoms with Gasteiger partial charge in [0.05, 0.1) is 26.8 Å². The van der Waals surface area contributed by atoms with Crippen LogP contribution >= 0.6 is 22.9 Å². The molecule has 0 saturated carbocycles. The first-order valence-corrected chi connectivity index (χ1v) is 7.11. The number of hydrogen-bond acceptors (Lipinski definition) is 3. The second kappa shape index (κ2) is 4.92. The Kier molecular flexibility index (Phi) is 3.23. The lowest BCUT2D eigenvalue weighted by molar-refractivity contribution is 0.625. The maximum absolute atomic E-state index is 13.1. The third-order valence-electron chi connectivity index (χ3n) is 2.95. The van der Waals surface area contributed by atoms with E-state index >= 15 is 0 Å². The molecule has 2 heterocycles. The van der Waals surface area contributed by atoms with E-state index in [1.807, 2.05) is 19.1 Å². The molecule has 0 atom stereocenters. The van der Waals surface area contributed by atoms with Crippen LogP contribution in [0.3, 0.4) is 0 Å². The molecule has 0 aliphatic heterocycles. The molecule has 20 heavy (non-hydrogen) atoms. The van der Waals surface area contributed by atoms with Crippen LogP contribution in [-0.4, -0.2) is 9.78 Å². The zero-order chi connectivity index (χ0) is 14.3. The predicted octanol–water partition coefficient (Wildman–Crippen LogP) is 4.28. The molecule has 0 aliphatic carbocycles. The lowest BCUT2D eigenvalue weighted by atomic mass is 10.2. The Morgan fingerprint density at radius 1 is 1.30 bits per heavy atom. The minimum Gasteiger partial charge on any atom is -0.396 e. The largest absolute Gasteiger partial charge is 0.396 e. The number of rotatable bonds is 2. The van der Waals surface area contributed by atoms with Crippen molar-refractivity contribution >= 4 is 28.6 Å². The highest BCUT2D eigenvalue weighted by atomic mass is 35.5. The van der Waals surface area contributed by atoms with Gasteiger partial charge >= 0.3 is 0 Å². The standard InChI is InChI=1S/C14H11ClFN3S/c1-8-6-9(16)2-3-11(8)19-7-10(17)14(18-19)12-4-5-13(15)20-12/h2-7H,17H2,1H3. The molecule has 0 radical (unpaired) electrons. The van der Waals surface area contributed by atoms with Crippen LogP contribution in [0.25, 0.3) is 16.3 Å². The van der Waals surface area contributed by atoms with Crippen molar-refractivity contribution in [2.24, 2.45) is 0 Å². The molecule has 0 amide bonds. The number of aromatic nitrogens is 2. The zero-order valence-electron chi connectivity index (χ0n) is 10.6. The molecule has 0 aliphatic rings. The van der Waals surface area contributed by atoms with Gasteiger partial charge in [-0.3, -0.25) is 0 Å². The number of halogens is 2. The summed E-state index contributed by atoms with van der Waals surface area (Å²) in [5.74, 6) is -0.267. The van der Waals surface area contributed by atoms with Gasteiger partial charge in [-0.1, -0.05) is 11.6 Å². The molecule has 0 unspecified atom stereocenters. The lowest BCUT2D eigenvalue weighted by Crippen LogP contribution is -1.98. The summed E-state index contributed by atoms with van der Waals surface area (Å²) in [4.78, 5) is 0.908. The van der Waals surface area contributed by atoms with E-state index in [2.05, 4.69) is 5.10 Å². The van der Waals surface area contributed by atoms with Gasteiger partial charge in [-0.15, -0.1) is 11.3 Å². The van der Waals surface area contributed by atoms with E-state index in [4.69, 9.17) is 17.3 Å². The van der Waals surface area contributed by atoms with Gasteiger partial charge in [-0.25, -0.2) is 9.07 Å². The zero-order valence-corrected chi connectivity index (χ0v) is 12.2. The summed E-state index contributed by atoms with van der Waals surface area (Å²) in [5.41, 5.74) is 8.85. The van der Waals surface area contributed by atoms with Crippen LogP contribution < -0.4 is 5.73 Å². The van der Waals surface area contributed by atoms with E-state index in [9.17, 15) is 4.39 Å². The van der Waals surface area contributed by atoms with Gasteiger partial charge in [0.2, 0.25) is 0 Å². The Morgan fingerprint density at radius 3 is 2.75 bits per heavy atom. The quantitative estimate of drug-likeness (QED) is 0.767. The number of nitrogens with zero attached hydrogens (tertiary/aromatic N) is 2. The molecular formula is C14H11ClFN3S. The highest BCUT2D eigenvalue weighted by Gasteiger charge is 2.13. The SMILES string of the molecule is Cc1cc(F)ccc1-n1cc(N)c(-c2ccc(Cl)s2)n1. The van der Waals surface area contributed by atoms with Crippen molar-refractivity contribution < 1.29 is 4.39 Å². The first-order valence-electron chi connectivity index (χ1n) is 5.92. The van der Waals surface area contributed by atoms with Crippen molar-refractivity contribution in [2.75, 3.05) is 5.73 Å². The molecule has 2 N–H and O–H groups in total. The summed E-state index contributed by atoms with van der Waals surface area (Å²) in [6.45, 7) is 1.83. The normalized spacial score (nSPS) is 10.9. The van der Waals surface area contributed by atoms with Crippen molar-refractivity contribution in [2.45, 2.75) is 6.92 Å². The van der Waals surface area contributed by atoms with Crippen molar-refractivity contribution in [3.05, 3.63) is 52.2 Å². The maximum Gasteiger partial charge on any atom is 0.126 e. The fraction of sp³-hybridized carbons (Fsp3) is 0.0714. The van der Waals surface area contributed by atoms with Gasteiger partial charge in [0.25, 0.3) is 0 Å². The number of nitrogen functional groups attached to an aromatic ring is 1. The van der Waals surface area contributed by atoms with E-state index < -0.39 is 0 Å².